The smallest absolute Gasteiger partial charge is 0.242 e. The van der Waals surface area contributed by atoms with Gasteiger partial charge in [-0.25, -0.2) is 8.42 Å². The maximum atomic E-state index is 13.3. The van der Waals surface area contributed by atoms with Gasteiger partial charge in [0.1, 0.15) is 6.04 Å². The van der Waals surface area contributed by atoms with Gasteiger partial charge in [0.05, 0.1) is 11.9 Å². The minimum Gasteiger partial charge on any atom is -0.352 e. The molecule has 0 aliphatic rings. The van der Waals surface area contributed by atoms with E-state index in [-0.39, 0.29) is 30.8 Å². The molecule has 0 fully saturated rings. The molecule has 0 spiro atoms. The zero-order valence-electron chi connectivity index (χ0n) is 21.0. The molecule has 2 rings (SSSR count). The van der Waals surface area contributed by atoms with Crippen molar-refractivity contribution in [1.82, 2.24) is 10.2 Å². The van der Waals surface area contributed by atoms with Gasteiger partial charge in [-0.2, -0.15) is 0 Å². The molecule has 0 aliphatic carbocycles. The molecule has 0 saturated heterocycles. The number of benzene rings is 2. The zero-order valence-corrected chi connectivity index (χ0v) is 21.9. The largest absolute Gasteiger partial charge is 0.352 e. The molecule has 1 N–H and O–H groups in total. The summed E-state index contributed by atoms with van der Waals surface area (Å²) in [7, 11) is -3.51. The lowest BCUT2D eigenvalue weighted by Crippen LogP contribution is -2.49. The van der Waals surface area contributed by atoms with Crippen LogP contribution in [0, 0.1) is 13.8 Å². The van der Waals surface area contributed by atoms with E-state index in [1.165, 1.54) is 10.6 Å². The van der Waals surface area contributed by atoms with E-state index in [0.717, 1.165) is 16.7 Å². The molecule has 34 heavy (non-hydrogen) atoms. The third-order valence-electron chi connectivity index (χ3n) is 5.57. The van der Waals surface area contributed by atoms with Crippen molar-refractivity contribution in [2.45, 2.75) is 66.1 Å². The fourth-order valence-electron chi connectivity index (χ4n) is 3.82. The Hall–Kier alpha value is -2.87. The highest BCUT2D eigenvalue weighted by Gasteiger charge is 2.27. The van der Waals surface area contributed by atoms with Crippen molar-refractivity contribution < 1.29 is 18.0 Å². The van der Waals surface area contributed by atoms with E-state index in [1.807, 2.05) is 64.1 Å². The highest BCUT2D eigenvalue weighted by Crippen LogP contribution is 2.23. The van der Waals surface area contributed by atoms with Gasteiger partial charge in [-0.05, 0) is 58.2 Å². The van der Waals surface area contributed by atoms with Crippen molar-refractivity contribution in [3.8, 4) is 0 Å². The molecule has 1 unspecified atom stereocenters. The van der Waals surface area contributed by atoms with Crippen LogP contribution in [0.4, 0.5) is 5.69 Å². The minimum absolute atomic E-state index is 0.0386. The number of amides is 2. The van der Waals surface area contributed by atoms with Gasteiger partial charge in [0.25, 0.3) is 0 Å². The van der Waals surface area contributed by atoms with Crippen LogP contribution in [0.15, 0.2) is 48.5 Å². The predicted octanol–water partition coefficient (Wildman–Crippen LogP) is 3.79. The number of hydrogen-bond acceptors (Lipinski definition) is 4. The Morgan fingerprint density at radius 3 is 2.26 bits per heavy atom. The first-order valence-corrected chi connectivity index (χ1v) is 13.4. The van der Waals surface area contributed by atoms with Crippen LogP contribution < -0.4 is 9.62 Å². The van der Waals surface area contributed by atoms with Crippen LogP contribution in [0.25, 0.3) is 0 Å². The maximum Gasteiger partial charge on any atom is 0.242 e. The molecule has 0 aromatic heterocycles. The fraction of sp³-hybridized carbons (Fsp3) is 0.462. The van der Waals surface area contributed by atoms with Crippen LogP contribution in [-0.2, 0) is 26.2 Å². The lowest BCUT2D eigenvalue weighted by atomic mass is 10.1. The van der Waals surface area contributed by atoms with Gasteiger partial charge >= 0.3 is 0 Å². The number of sulfonamides is 1. The molecular weight excluding hydrogens is 450 g/mol. The van der Waals surface area contributed by atoms with E-state index in [0.29, 0.717) is 18.7 Å². The summed E-state index contributed by atoms with van der Waals surface area (Å²) in [5, 5.41) is 2.88. The van der Waals surface area contributed by atoms with Crippen LogP contribution >= 0.6 is 0 Å². The number of carbonyl (C=O) groups is 2. The van der Waals surface area contributed by atoms with Crippen molar-refractivity contribution >= 4 is 27.5 Å². The number of para-hydroxylation sites is 1. The SMILES string of the molecule is Cc1cccc(CN(C(=O)CCCN(c2ccccc2C)S(C)(=O)=O)C(C)C(=O)NC(C)C)c1. The molecule has 7 nitrogen and oxygen atoms in total. The third kappa shape index (κ3) is 7.87. The topological polar surface area (TPSA) is 86.8 Å². The first kappa shape index (κ1) is 27.4. The quantitative estimate of drug-likeness (QED) is 0.522. The molecule has 2 amide bonds. The van der Waals surface area contributed by atoms with Gasteiger partial charge in [0, 0.05) is 25.6 Å². The fourth-order valence-corrected chi connectivity index (χ4v) is 4.84. The summed E-state index contributed by atoms with van der Waals surface area (Å²) in [4.78, 5) is 27.6. The predicted molar refractivity (Wildman–Crippen MR) is 137 cm³/mol. The minimum atomic E-state index is -3.51. The standard InChI is InChI=1S/C26H37N3O4S/c1-19(2)27-26(31)22(5)28(18-23-13-9-11-20(3)17-23)25(30)15-10-16-29(34(6,32)33)24-14-8-7-12-21(24)4/h7-9,11-14,17,19,22H,10,15-16,18H2,1-6H3,(H,27,31). The van der Waals surface area contributed by atoms with E-state index in [2.05, 4.69) is 5.32 Å². The Morgan fingerprint density at radius 2 is 1.68 bits per heavy atom. The van der Waals surface area contributed by atoms with Crippen LogP contribution in [0.3, 0.4) is 0 Å². The van der Waals surface area contributed by atoms with Gasteiger partial charge in [-0.1, -0.05) is 48.0 Å². The lowest BCUT2D eigenvalue weighted by molar-refractivity contribution is -0.140. The zero-order chi connectivity index (χ0) is 25.5. The van der Waals surface area contributed by atoms with Crippen LogP contribution in [0.5, 0.6) is 0 Å². The summed E-state index contributed by atoms with van der Waals surface area (Å²) < 4.78 is 26.2. The number of anilines is 1. The lowest BCUT2D eigenvalue weighted by Gasteiger charge is -2.30. The Kier molecular flexibility index (Phi) is 9.67. The Labute approximate surface area is 204 Å². The van der Waals surface area contributed by atoms with Gasteiger partial charge in [0.15, 0.2) is 0 Å². The highest BCUT2D eigenvalue weighted by atomic mass is 32.2. The number of carbonyl (C=O) groups excluding carboxylic acids is 2. The van der Waals surface area contributed by atoms with E-state index >= 15 is 0 Å². The number of hydrogen-bond donors (Lipinski definition) is 1. The average molecular weight is 488 g/mol. The van der Waals surface area contributed by atoms with Crippen molar-refractivity contribution in [1.29, 1.82) is 0 Å². The van der Waals surface area contributed by atoms with Crippen LogP contribution in [-0.4, -0.2) is 50.0 Å². The van der Waals surface area contributed by atoms with Gasteiger partial charge in [-0.15, -0.1) is 0 Å². The second-order valence-electron chi connectivity index (χ2n) is 9.08. The molecule has 1 atom stereocenters. The van der Waals surface area contributed by atoms with E-state index in [4.69, 9.17) is 0 Å². The van der Waals surface area contributed by atoms with E-state index in [9.17, 15) is 18.0 Å². The molecular formula is C26H37N3O4S. The summed E-state index contributed by atoms with van der Waals surface area (Å²) in [6.07, 6.45) is 1.63. The summed E-state index contributed by atoms with van der Waals surface area (Å²) in [5.41, 5.74) is 3.47. The molecule has 0 saturated carbocycles. The molecule has 0 radical (unpaired) electrons. The number of aryl methyl sites for hydroxylation is 2. The third-order valence-corrected chi connectivity index (χ3v) is 6.75. The second kappa shape index (κ2) is 12.0. The van der Waals surface area contributed by atoms with Gasteiger partial charge in [-0.3, -0.25) is 13.9 Å². The molecule has 0 heterocycles. The molecule has 2 aromatic carbocycles. The van der Waals surface area contributed by atoms with Crippen molar-refractivity contribution in [2.24, 2.45) is 0 Å². The Bertz CT molecular complexity index is 1100. The monoisotopic (exact) mass is 487 g/mol. The molecule has 0 aliphatic heterocycles. The first-order chi connectivity index (χ1) is 15.9. The van der Waals surface area contributed by atoms with Crippen LogP contribution in [0.1, 0.15) is 50.3 Å². The van der Waals surface area contributed by atoms with Crippen molar-refractivity contribution in [3.05, 3.63) is 65.2 Å². The summed E-state index contributed by atoms with van der Waals surface area (Å²) >= 11 is 0. The first-order valence-electron chi connectivity index (χ1n) is 11.6. The van der Waals surface area contributed by atoms with Crippen molar-refractivity contribution in [3.63, 3.8) is 0 Å². The summed E-state index contributed by atoms with van der Waals surface area (Å²) in [6.45, 7) is 9.81. The molecule has 0 bridgehead atoms. The highest BCUT2D eigenvalue weighted by molar-refractivity contribution is 7.92. The van der Waals surface area contributed by atoms with Gasteiger partial charge in [0.2, 0.25) is 21.8 Å². The average Bonchev–Trinajstić information content (AvgIpc) is 2.74. The molecule has 8 heteroatoms. The summed E-state index contributed by atoms with van der Waals surface area (Å²) in [5.74, 6) is -0.403. The van der Waals surface area contributed by atoms with Gasteiger partial charge < -0.3 is 10.2 Å². The van der Waals surface area contributed by atoms with E-state index < -0.39 is 16.1 Å². The number of rotatable bonds is 11. The summed E-state index contributed by atoms with van der Waals surface area (Å²) in [6, 6.07) is 14.4. The Balaban J connectivity index is 2.18. The Morgan fingerprint density at radius 1 is 1.00 bits per heavy atom. The second-order valence-corrected chi connectivity index (χ2v) is 11.0. The molecule has 2 aromatic rings. The molecule has 186 valence electrons. The number of nitrogens with zero attached hydrogens (tertiary/aromatic N) is 2. The number of nitrogens with one attached hydrogen (secondary N) is 1. The maximum absolute atomic E-state index is 13.3. The van der Waals surface area contributed by atoms with Crippen molar-refractivity contribution in [2.75, 3.05) is 17.1 Å². The van der Waals surface area contributed by atoms with Crippen LogP contribution in [0.2, 0.25) is 0 Å². The normalized spacial score (nSPS) is 12.3. The van der Waals surface area contributed by atoms with E-state index in [1.54, 1.807) is 24.0 Å².